The highest BCUT2D eigenvalue weighted by atomic mass is 35.5. The van der Waals surface area contributed by atoms with Crippen molar-refractivity contribution in [3.63, 3.8) is 0 Å². The van der Waals surface area contributed by atoms with Crippen LogP contribution in [0.4, 0.5) is 0 Å². The van der Waals surface area contributed by atoms with Crippen molar-refractivity contribution in [1.82, 2.24) is 15.1 Å². The normalized spacial score (nSPS) is 17.9. The molecule has 13 heteroatoms. The minimum atomic E-state index is -0.525. The van der Waals surface area contributed by atoms with Gasteiger partial charge in [0.1, 0.15) is 36.3 Å². The molecule has 0 aliphatic carbocycles. The monoisotopic (exact) mass is 730 g/mol. The summed E-state index contributed by atoms with van der Waals surface area (Å²) < 4.78 is 18.5. The lowest BCUT2D eigenvalue weighted by molar-refractivity contribution is 0.170. The van der Waals surface area contributed by atoms with Crippen molar-refractivity contribution in [2.75, 3.05) is 59.2 Å². The molecule has 1 unspecified atom stereocenters. The van der Waals surface area contributed by atoms with Crippen LogP contribution in [0.25, 0.3) is 11.1 Å². The number of halogens is 2. The Balaban J connectivity index is 1.27. The Hall–Kier alpha value is -3.13. The topological polar surface area (TPSA) is 151 Å². The molecule has 5 rings (SSSR count). The predicted octanol–water partition coefficient (Wildman–Crippen LogP) is 4.25. The van der Waals surface area contributed by atoms with Crippen LogP contribution in [-0.2, 0) is 13.2 Å². The Bertz CT molecular complexity index is 1590. The third-order valence-electron chi connectivity index (χ3n) is 9.21. The van der Waals surface area contributed by atoms with Crippen LogP contribution in [0, 0.1) is 12.3 Å². The maximum Gasteiger partial charge on any atom is 0.145 e. The number of aliphatic hydroxyl groups excluding tert-OH is 4. The zero-order chi connectivity index (χ0) is 35.6. The van der Waals surface area contributed by atoms with E-state index in [1.807, 2.05) is 43.3 Å². The Morgan fingerprint density at radius 1 is 0.900 bits per heavy atom. The summed E-state index contributed by atoms with van der Waals surface area (Å²) in [5.74, 6) is 1.85. The Morgan fingerprint density at radius 3 is 2.36 bits per heavy atom. The summed E-state index contributed by atoms with van der Waals surface area (Å²) in [6.07, 6.45) is 1.62. The summed E-state index contributed by atoms with van der Waals surface area (Å²) in [5.41, 5.74) is 4.22. The van der Waals surface area contributed by atoms with Gasteiger partial charge in [-0.3, -0.25) is 5.41 Å². The highest BCUT2D eigenvalue weighted by Gasteiger charge is 2.24. The molecule has 0 aromatic heterocycles. The Labute approximate surface area is 303 Å². The van der Waals surface area contributed by atoms with Crippen LogP contribution in [0.15, 0.2) is 48.5 Å². The SMILES string of the molecule is Cc1c(OCCCN2CCC(O)C2)cccc1-c1cccc(COc2cc(OCC(=N)N3CC[C@@H](O)C3)c(CNC(CO)CO)cc2Cl)c1Cl. The van der Waals surface area contributed by atoms with E-state index in [1.165, 1.54) is 0 Å². The van der Waals surface area contributed by atoms with E-state index in [4.69, 9.17) is 42.8 Å². The van der Waals surface area contributed by atoms with Gasteiger partial charge in [-0.15, -0.1) is 0 Å². The minimum Gasteiger partial charge on any atom is -0.493 e. The first-order valence-corrected chi connectivity index (χ1v) is 17.9. The van der Waals surface area contributed by atoms with Gasteiger partial charge in [-0.05, 0) is 49.4 Å². The summed E-state index contributed by atoms with van der Waals surface area (Å²) in [5, 5.41) is 51.1. The highest BCUT2D eigenvalue weighted by Crippen LogP contribution is 2.38. The van der Waals surface area contributed by atoms with Crippen LogP contribution in [0.2, 0.25) is 10.0 Å². The standard InChI is InChI=1S/C37H48Cl2N4O7/c1-24-30(6-3-8-33(24)48-14-4-11-42-12-9-28(46)18-42)31-7-2-5-25(37(31)39)22-49-35-16-34(50-23-36(40)43-13-10-29(47)19-43)26(15-32(35)38)17-41-27(20-44)21-45/h2-3,5-8,15-16,27-29,40-41,44-47H,4,9-14,17-23H2,1H3/t28?,29-/m1/s1. The highest BCUT2D eigenvalue weighted by molar-refractivity contribution is 6.34. The number of nitrogens with zero attached hydrogens (tertiary/aromatic N) is 2. The summed E-state index contributed by atoms with van der Waals surface area (Å²) in [6.45, 7) is 5.97. The summed E-state index contributed by atoms with van der Waals surface area (Å²) in [6, 6.07) is 14.6. The maximum atomic E-state index is 9.89. The minimum absolute atomic E-state index is 0.0250. The van der Waals surface area contributed by atoms with Gasteiger partial charge in [-0.2, -0.15) is 0 Å². The lowest BCUT2D eigenvalue weighted by Gasteiger charge is -2.21. The van der Waals surface area contributed by atoms with Crippen molar-refractivity contribution in [1.29, 1.82) is 5.41 Å². The number of aliphatic hydroxyl groups is 4. The molecule has 0 radical (unpaired) electrons. The summed E-state index contributed by atoms with van der Waals surface area (Å²) in [7, 11) is 0. The third kappa shape index (κ3) is 10.0. The van der Waals surface area contributed by atoms with E-state index >= 15 is 0 Å². The fraction of sp³-hybridized carbons (Fsp3) is 0.486. The molecule has 2 aliphatic rings. The van der Waals surface area contributed by atoms with Gasteiger partial charge in [0, 0.05) is 62.0 Å². The van der Waals surface area contributed by atoms with Crippen LogP contribution in [0.1, 0.15) is 36.0 Å². The quantitative estimate of drug-likeness (QED) is 0.0676. The van der Waals surface area contributed by atoms with Crippen molar-refractivity contribution in [2.24, 2.45) is 0 Å². The van der Waals surface area contributed by atoms with Crippen LogP contribution in [-0.4, -0.2) is 113 Å². The van der Waals surface area contributed by atoms with E-state index in [0.717, 1.165) is 60.5 Å². The third-order valence-corrected chi connectivity index (χ3v) is 9.95. The number of β-amino-alcohol motifs (C(OH)–C–C–N with tert-alkyl or cyclic N) is 2. The van der Waals surface area contributed by atoms with Crippen molar-refractivity contribution < 1.29 is 34.6 Å². The Kier molecular flexibility index (Phi) is 14.0. The molecule has 272 valence electrons. The second kappa shape index (κ2) is 18.4. The molecule has 3 aromatic rings. The van der Waals surface area contributed by atoms with Gasteiger partial charge >= 0.3 is 0 Å². The van der Waals surface area contributed by atoms with Crippen LogP contribution in [0.5, 0.6) is 17.2 Å². The van der Waals surface area contributed by atoms with E-state index in [9.17, 15) is 20.4 Å². The molecule has 0 amide bonds. The second-order valence-corrected chi connectivity index (χ2v) is 13.7. The molecule has 0 spiro atoms. The first-order chi connectivity index (χ1) is 24.2. The van der Waals surface area contributed by atoms with Gasteiger partial charge in [-0.1, -0.05) is 53.5 Å². The number of hydrogen-bond donors (Lipinski definition) is 6. The first kappa shape index (κ1) is 38.1. The first-order valence-electron chi connectivity index (χ1n) is 17.1. The van der Waals surface area contributed by atoms with E-state index in [1.54, 1.807) is 17.0 Å². The summed E-state index contributed by atoms with van der Waals surface area (Å²) >= 11 is 13.7. The Morgan fingerprint density at radius 2 is 1.64 bits per heavy atom. The number of nitrogens with one attached hydrogen (secondary N) is 2. The number of hydrogen-bond acceptors (Lipinski definition) is 10. The number of rotatable bonds is 17. The number of ether oxygens (including phenoxy) is 3. The van der Waals surface area contributed by atoms with E-state index in [0.29, 0.717) is 53.2 Å². The molecule has 6 N–H and O–H groups in total. The van der Waals surface area contributed by atoms with Crippen molar-refractivity contribution in [3.05, 3.63) is 75.3 Å². The van der Waals surface area contributed by atoms with Crippen LogP contribution < -0.4 is 19.5 Å². The van der Waals surface area contributed by atoms with Crippen molar-refractivity contribution in [2.45, 2.75) is 57.6 Å². The lowest BCUT2D eigenvalue weighted by atomic mass is 9.98. The molecule has 0 bridgehead atoms. The smallest absolute Gasteiger partial charge is 0.145 e. The van der Waals surface area contributed by atoms with Gasteiger partial charge in [0.15, 0.2) is 0 Å². The fourth-order valence-corrected chi connectivity index (χ4v) is 6.75. The molecule has 2 atom stereocenters. The van der Waals surface area contributed by atoms with Gasteiger partial charge in [0.2, 0.25) is 0 Å². The zero-order valence-electron chi connectivity index (χ0n) is 28.4. The molecule has 11 nitrogen and oxygen atoms in total. The molecular formula is C37H48Cl2N4O7. The average Bonchev–Trinajstić information content (AvgIpc) is 3.74. The van der Waals surface area contributed by atoms with Crippen LogP contribution >= 0.6 is 23.2 Å². The fourth-order valence-electron chi connectivity index (χ4n) is 6.23. The van der Waals surface area contributed by atoms with Gasteiger partial charge < -0.3 is 49.8 Å². The van der Waals surface area contributed by atoms with Gasteiger partial charge in [0.25, 0.3) is 0 Å². The van der Waals surface area contributed by atoms with Gasteiger partial charge in [-0.25, -0.2) is 0 Å². The lowest BCUT2D eigenvalue weighted by Crippen LogP contribution is -2.35. The largest absolute Gasteiger partial charge is 0.493 e. The second-order valence-electron chi connectivity index (χ2n) is 12.9. The molecule has 50 heavy (non-hydrogen) atoms. The predicted molar refractivity (Wildman–Crippen MR) is 195 cm³/mol. The zero-order valence-corrected chi connectivity index (χ0v) is 29.9. The molecule has 3 aromatic carbocycles. The molecule has 2 saturated heterocycles. The summed E-state index contributed by atoms with van der Waals surface area (Å²) in [4.78, 5) is 4.04. The number of likely N-dealkylation sites (tertiary alicyclic amines) is 2. The van der Waals surface area contributed by atoms with Crippen LogP contribution in [0.3, 0.4) is 0 Å². The van der Waals surface area contributed by atoms with E-state index in [-0.39, 0.29) is 44.9 Å². The van der Waals surface area contributed by atoms with E-state index in [2.05, 4.69) is 10.2 Å². The number of benzene rings is 3. The van der Waals surface area contributed by atoms with Gasteiger partial charge in [0.05, 0.1) is 48.1 Å². The number of amidine groups is 1. The molecule has 2 heterocycles. The average molecular weight is 732 g/mol. The molecule has 2 aliphatic heterocycles. The molecule has 0 saturated carbocycles. The maximum absolute atomic E-state index is 9.89. The molecule has 2 fully saturated rings. The molecular weight excluding hydrogens is 683 g/mol. The van der Waals surface area contributed by atoms with Crippen molar-refractivity contribution >= 4 is 29.0 Å². The van der Waals surface area contributed by atoms with Crippen molar-refractivity contribution in [3.8, 4) is 28.4 Å². The van der Waals surface area contributed by atoms with E-state index < -0.39 is 12.1 Å².